The maximum absolute atomic E-state index is 11.8. The van der Waals surface area contributed by atoms with E-state index >= 15 is 0 Å². The molecule has 0 saturated heterocycles. The Morgan fingerprint density at radius 3 is 2.65 bits per heavy atom. The first-order valence-electron chi connectivity index (χ1n) is 5.65. The SMILES string of the molecule is CCc1nc(-c2cccc(C)n2)[nH]c(=O)c1C. The molecule has 2 rings (SSSR count). The van der Waals surface area contributed by atoms with Crippen molar-refractivity contribution < 1.29 is 0 Å². The first-order valence-corrected chi connectivity index (χ1v) is 5.65. The Hall–Kier alpha value is -1.97. The summed E-state index contributed by atoms with van der Waals surface area (Å²) in [5.41, 5.74) is 3.03. The Bertz CT molecular complexity index is 602. The summed E-state index contributed by atoms with van der Waals surface area (Å²) in [6, 6.07) is 5.67. The van der Waals surface area contributed by atoms with Gasteiger partial charge in [-0.3, -0.25) is 4.79 Å². The molecule has 0 radical (unpaired) electrons. The molecule has 0 bridgehead atoms. The van der Waals surface area contributed by atoms with Crippen molar-refractivity contribution in [1.29, 1.82) is 0 Å². The molecule has 0 fully saturated rings. The second-order valence-corrected chi connectivity index (χ2v) is 4.00. The third kappa shape index (κ3) is 2.25. The first-order chi connectivity index (χ1) is 8.11. The molecule has 2 heterocycles. The van der Waals surface area contributed by atoms with Crippen LogP contribution in [0.2, 0.25) is 0 Å². The highest BCUT2D eigenvalue weighted by atomic mass is 16.1. The molecule has 0 saturated carbocycles. The van der Waals surface area contributed by atoms with Gasteiger partial charge < -0.3 is 4.98 Å². The number of nitrogens with zero attached hydrogens (tertiary/aromatic N) is 2. The molecule has 0 aliphatic carbocycles. The lowest BCUT2D eigenvalue weighted by Crippen LogP contribution is -2.16. The minimum Gasteiger partial charge on any atom is -0.305 e. The summed E-state index contributed by atoms with van der Waals surface area (Å²) in [5.74, 6) is 0.543. The molecular weight excluding hydrogens is 214 g/mol. The number of aromatic amines is 1. The van der Waals surface area contributed by atoms with E-state index in [0.717, 1.165) is 17.8 Å². The van der Waals surface area contributed by atoms with Crippen LogP contribution in [0.15, 0.2) is 23.0 Å². The molecule has 0 spiro atoms. The number of aryl methyl sites for hydroxylation is 2. The highest BCUT2D eigenvalue weighted by molar-refractivity contribution is 5.49. The molecule has 0 amide bonds. The largest absolute Gasteiger partial charge is 0.305 e. The van der Waals surface area contributed by atoms with Crippen LogP contribution in [0.1, 0.15) is 23.9 Å². The highest BCUT2D eigenvalue weighted by Gasteiger charge is 2.08. The number of rotatable bonds is 2. The Morgan fingerprint density at radius 2 is 2.00 bits per heavy atom. The molecule has 17 heavy (non-hydrogen) atoms. The van der Waals surface area contributed by atoms with Crippen LogP contribution < -0.4 is 5.56 Å². The standard InChI is InChI=1S/C13H15N3O/c1-4-10-9(3)13(17)16-12(15-10)11-7-5-6-8(2)14-11/h5-7H,4H2,1-3H3,(H,15,16,17). The number of pyridine rings is 1. The van der Waals surface area contributed by atoms with E-state index < -0.39 is 0 Å². The van der Waals surface area contributed by atoms with Gasteiger partial charge in [0.05, 0.1) is 5.69 Å². The van der Waals surface area contributed by atoms with Crippen LogP contribution in [-0.4, -0.2) is 15.0 Å². The zero-order valence-corrected chi connectivity index (χ0v) is 10.2. The number of aromatic nitrogens is 3. The van der Waals surface area contributed by atoms with E-state index in [2.05, 4.69) is 15.0 Å². The Balaban J connectivity index is 2.61. The predicted octanol–water partition coefficient (Wildman–Crippen LogP) is 2.01. The van der Waals surface area contributed by atoms with Crippen LogP contribution in [0.3, 0.4) is 0 Å². The first kappa shape index (κ1) is 11.5. The summed E-state index contributed by atoms with van der Waals surface area (Å²) in [5, 5.41) is 0. The summed E-state index contributed by atoms with van der Waals surface area (Å²) < 4.78 is 0. The number of nitrogens with one attached hydrogen (secondary N) is 1. The second kappa shape index (κ2) is 4.49. The molecule has 88 valence electrons. The molecule has 1 N–H and O–H groups in total. The molecule has 0 aliphatic rings. The molecule has 2 aromatic heterocycles. The van der Waals surface area contributed by atoms with Crippen molar-refractivity contribution in [3.05, 3.63) is 45.5 Å². The number of H-pyrrole nitrogens is 1. The fraction of sp³-hybridized carbons (Fsp3) is 0.308. The van der Waals surface area contributed by atoms with Crippen LogP contribution >= 0.6 is 0 Å². The molecule has 4 heteroatoms. The van der Waals surface area contributed by atoms with Crippen LogP contribution in [0.5, 0.6) is 0 Å². The van der Waals surface area contributed by atoms with Gasteiger partial charge in [0.2, 0.25) is 0 Å². The average molecular weight is 229 g/mol. The molecule has 0 aliphatic heterocycles. The van der Waals surface area contributed by atoms with Gasteiger partial charge in [-0.05, 0) is 32.4 Å². The lowest BCUT2D eigenvalue weighted by atomic mass is 10.2. The van der Waals surface area contributed by atoms with E-state index in [0.29, 0.717) is 17.1 Å². The van der Waals surface area contributed by atoms with Crippen molar-refractivity contribution in [2.75, 3.05) is 0 Å². The van der Waals surface area contributed by atoms with Gasteiger partial charge in [-0.1, -0.05) is 13.0 Å². The smallest absolute Gasteiger partial charge is 0.254 e. The summed E-state index contributed by atoms with van der Waals surface area (Å²) in [7, 11) is 0. The minimum atomic E-state index is -0.0878. The van der Waals surface area contributed by atoms with E-state index in [1.165, 1.54) is 0 Å². The fourth-order valence-corrected chi connectivity index (χ4v) is 1.72. The summed E-state index contributed by atoms with van der Waals surface area (Å²) >= 11 is 0. The quantitative estimate of drug-likeness (QED) is 0.857. The lowest BCUT2D eigenvalue weighted by Gasteiger charge is -2.05. The van der Waals surface area contributed by atoms with Gasteiger partial charge in [0.25, 0.3) is 5.56 Å². The average Bonchev–Trinajstić information content (AvgIpc) is 2.32. The second-order valence-electron chi connectivity index (χ2n) is 4.00. The van der Waals surface area contributed by atoms with Gasteiger partial charge in [-0.2, -0.15) is 0 Å². The van der Waals surface area contributed by atoms with Crippen molar-refractivity contribution in [2.24, 2.45) is 0 Å². The molecule has 0 unspecified atom stereocenters. The Morgan fingerprint density at radius 1 is 1.24 bits per heavy atom. The molecule has 4 nitrogen and oxygen atoms in total. The monoisotopic (exact) mass is 229 g/mol. The minimum absolute atomic E-state index is 0.0878. The summed E-state index contributed by atoms with van der Waals surface area (Å²) in [6.45, 7) is 5.69. The maximum Gasteiger partial charge on any atom is 0.254 e. The van der Waals surface area contributed by atoms with Crippen LogP contribution in [0.25, 0.3) is 11.5 Å². The summed E-state index contributed by atoms with van der Waals surface area (Å²) in [4.78, 5) is 23.3. The molecular formula is C13H15N3O. The van der Waals surface area contributed by atoms with Crippen molar-refractivity contribution in [2.45, 2.75) is 27.2 Å². The number of hydrogen-bond acceptors (Lipinski definition) is 3. The molecule has 0 aromatic carbocycles. The zero-order chi connectivity index (χ0) is 12.4. The molecule has 2 aromatic rings. The van der Waals surface area contributed by atoms with Crippen LogP contribution in [0, 0.1) is 13.8 Å². The van der Waals surface area contributed by atoms with Gasteiger partial charge in [-0.15, -0.1) is 0 Å². The third-order valence-corrected chi connectivity index (χ3v) is 2.72. The van der Waals surface area contributed by atoms with E-state index in [4.69, 9.17) is 0 Å². The third-order valence-electron chi connectivity index (χ3n) is 2.72. The summed E-state index contributed by atoms with van der Waals surface area (Å²) in [6.07, 6.45) is 0.745. The van der Waals surface area contributed by atoms with Crippen LogP contribution in [0.4, 0.5) is 0 Å². The van der Waals surface area contributed by atoms with Crippen molar-refractivity contribution in [3.63, 3.8) is 0 Å². The Labute approximate surface area is 99.8 Å². The maximum atomic E-state index is 11.8. The van der Waals surface area contributed by atoms with Gasteiger partial charge in [0, 0.05) is 11.3 Å². The van der Waals surface area contributed by atoms with Gasteiger partial charge in [0.15, 0.2) is 5.82 Å². The van der Waals surface area contributed by atoms with Gasteiger partial charge in [0.1, 0.15) is 5.69 Å². The fourth-order valence-electron chi connectivity index (χ4n) is 1.72. The van der Waals surface area contributed by atoms with Crippen molar-refractivity contribution >= 4 is 0 Å². The predicted molar refractivity (Wildman–Crippen MR) is 66.9 cm³/mol. The van der Waals surface area contributed by atoms with Crippen molar-refractivity contribution in [3.8, 4) is 11.5 Å². The van der Waals surface area contributed by atoms with Gasteiger partial charge >= 0.3 is 0 Å². The number of hydrogen-bond donors (Lipinski definition) is 1. The normalized spacial score (nSPS) is 10.5. The van der Waals surface area contributed by atoms with E-state index in [-0.39, 0.29) is 5.56 Å². The van der Waals surface area contributed by atoms with E-state index in [1.54, 1.807) is 6.92 Å². The Kier molecular flexibility index (Phi) is 3.04. The topological polar surface area (TPSA) is 58.6 Å². The lowest BCUT2D eigenvalue weighted by molar-refractivity contribution is 0.947. The van der Waals surface area contributed by atoms with Crippen molar-refractivity contribution in [1.82, 2.24) is 15.0 Å². The van der Waals surface area contributed by atoms with E-state index in [9.17, 15) is 4.79 Å². The molecule has 0 atom stereocenters. The van der Waals surface area contributed by atoms with Gasteiger partial charge in [-0.25, -0.2) is 9.97 Å². The van der Waals surface area contributed by atoms with Crippen LogP contribution in [-0.2, 0) is 6.42 Å². The zero-order valence-electron chi connectivity index (χ0n) is 10.2. The van der Waals surface area contributed by atoms with E-state index in [1.807, 2.05) is 32.0 Å². The highest BCUT2D eigenvalue weighted by Crippen LogP contribution is 2.12.